The number of alkyl carbamates (subject to hydrolysis) is 1. The standard InChI is InChI=1S/C28H35FN2O2/c1-4-5-18-6-8-19(9-7-18)22-14-21-16-28(2,3)26(23(21)15-24(22)29)30-27(32)33-25-17-31-12-10-20(25)11-13-31/h6-9,14-15,20,25-26H,4-5,10-13,16-17H2,1-3H3,(H,30,32)/t25-,26?/m0/s1. The van der Waals surface area contributed by atoms with Crippen molar-refractivity contribution >= 4 is 6.09 Å². The van der Waals surface area contributed by atoms with Gasteiger partial charge in [-0.05, 0) is 84.5 Å². The topological polar surface area (TPSA) is 41.6 Å². The van der Waals surface area contributed by atoms with E-state index in [-0.39, 0.29) is 29.5 Å². The summed E-state index contributed by atoms with van der Waals surface area (Å²) in [4.78, 5) is 15.2. The van der Waals surface area contributed by atoms with Gasteiger partial charge in [0, 0.05) is 12.1 Å². The maximum absolute atomic E-state index is 15.3. The van der Waals surface area contributed by atoms with Gasteiger partial charge in [0.05, 0.1) is 6.04 Å². The van der Waals surface area contributed by atoms with Crippen molar-refractivity contribution in [3.63, 3.8) is 0 Å². The lowest BCUT2D eigenvalue weighted by Crippen LogP contribution is -2.53. The average Bonchev–Trinajstić information content (AvgIpc) is 3.03. The lowest BCUT2D eigenvalue weighted by Gasteiger charge is -2.44. The Hall–Kier alpha value is -2.40. The molecule has 0 radical (unpaired) electrons. The lowest BCUT2D eigenvalue weighted by atomic mass is 9.85. The molecule has 1 unspecified atom stereocenters. The molecule has 3 aliphatic heterocycles. The first kappa shape index (κ1) is 22.4. The highest BCUT2D eigenvalue weighted by Gasteiger charge is 2.42. The highest BCUT2D eigenvalue weighted by molar-refractivity contribution is 5.70. The summed E-state index contributed by atoms with van der Waals surface area (Å²) >= 11 is 0. The Morgan fingerprint density at radius 3 is 2.55 bits per heavy atom. The van der Waals surface area contributed by atoms with E-state index in [2.05, 4.69) is 43.1 Å². The van der Waals surface area contributed by atoms with Gasteiger partial charge in [-0.2, -0.15) is 0 Å². The van der Waals surface area contributed by atoms with E-state index in [4.69, 9.17) is 4.74 Å². The van der Waals surface area contributed by atoms with Gasteiger partial charge in [0.2, 0.25) is 0 Å². The lowest BCUT2D eigenvalue weighted by molar-refractivity contribution is -0.0349. The monoisotopic (exact) mass is 450 g/mol. The minimum absolute atomic E-state index is 0.0359. The van der Waals surface area contributed by atoms with Crippen molar-refractivity contribution in [2.24, 2.45) is 11.3 Å². The molecule has 5 heteroatoms. The first-order valence-corrected chi connectivity index (χ1v) is 12.4. The Morgan fingerprint density at radius 1 is 1.18 bits per heavy atom. The summed E-state index contributed by atoms with van der Waals surface area (Å²) in [6.07, 6.45) is 4.70. The SMILES string of the molecule is CCCc1ccc(-c2cc3c(cc2F)C(NC(=O)O[C@H]2CN4CCC2CC4)C(C)(C)C3)cc1. The minimum atomic E-state index is -0.379. The molecule has 1 N–H and O–H groups in total. The smallest absolute Gasteiger partial charge is 0.407 e. The third kappa shape index (κ3) is 4.40. The van der Waals surface area contributed by atoms with E-state index >= 15 is 4.39 Å². The van der Waals surface area contributed by atoms with E-state index in [0.29, 0.717) is 11.5 Å². The molecular formula is C28H35FN2O2. The molecule has 6 rings (SSSR count). The molecule has 4 aliphatic rings. The van der Waals surface area contributed by atoms with Gasteiger partial charge in [-0.25, -0.2) is 9.18 Å². The zero-order valence-electron chi connectivity index (χ0n) is 20.0. The van der Waals surface area contributed by atoms with Gasteiger partial charge in [-0.3, -0.25) is 4.90 Å². The largest absolute Gasteiger partial charge is 0.445 e. The molecule has 176 valence electrons. The second-order valence-electron chi connectivity index (χ2n) is 10.8. The van der Waals surface area contributed by atoms with Gasteiger partial charge in [0.15, 0.2) is 0 Å². The molecule has 2 aromatic rings. The summed E-state index contributed by atoms with van der Waals surface area (Å²) in [6.45, 7) is 9.47. The summed E-state index contributed by atoms with van der Waals surface area (Å²) in [5, 5.41) is 3.09. The number of aryl methyl sites for hydroxylation is 1. The number of hydrogen-bond acceptors (Lipinski definition) is 3. The van der Waals surface area contributed by atoms with Gasteiger partial charge in [-0.15, -0.1) is 0 Å². The summed E-state index contributed by atoms with van der Waals surface area (Å²) in [7, 11) is 0. The number of nitrogens with zero attached hydrogens (tertiary/aromatic N) is 1. The highest BCUT2D eigenvalue weighted by Crippen LogP contribution is 2.47. The Bertz CT molecular complexity index is 1020. The molecule has 0 spiro atoms. The molecule has 2 aromatic carbocycles. The second kappa shape index (κ2) is 8.75. The highest BCUT2D eigenvalue weighted by atomic mass is 19.1. The van der Waals surface area contributed by atoms with Gasteiger partial charge >= 0.3 is 6.09 Å². The number of fused-ring (bicyclic) bond motifs is 4. The van der Waals surface area contributed by atoms with Crippen LogP contribution in [0.2, 0.25) is 0 Å². The minimum Gasteiger partial charge on any atom is -0.445 e. The molecule has 2 bridgehead atoms. The summed E-state index contributed by atoms with van der Waals surface area (Å²) in [6, 6.07) is 11.5. The van der Waals surface area contributed by atoms with E-state index in [1.165, 1.54) is 5.56 Å². The van der Waals surface area contributed by atoms with Crippen LogP contribution in [0.1, 0.15) is 62.8 Å². The van der Waals surface area contributed by atoms with E-state index in [1.54, 1.807) is 6.07 Å². The quantitative estimate of drug-likeness (QED) is 0.618. The third-order valence-corrected chi connectivity index (χ3v) is 7.89. The van der Waals surface area contributed by atoms with Crippen LogP contribution in [0.5, 0.6) is 0 Å². The maximum Gasteiger partial charge on any atom is 0.407 e. The summed E-state index contributed by atoms with van der Waals surface area (Å²) in [5.41, 5.74) is 4.55. The third-order valence-electron chi connectivity index (χ3n) is 7.89. The Labute approximate surface area is 196 Å². The number of halogens is 1. The van der Waals surface area contributed by atoms with Crippen LogP contribution >= 0.6 is 0 Å². The van der Waals surface area contributed by atoms with Crippen LogP contribution in [0.25, 0.3) is 11.1 Å². The number of carbonyl (C=O) groups is 1. The van der Waals surface area contributed by atoms with Crippen molar-refractivity contribution in [1.29, 1.82) is 0 Å². The van der Waals surface area contributed by atoms with Crippen LogP contribution in [-0.2, 0) is 17.6 Å². The zero-order valence-corrected chi connectivity index (χ0v) is 20.0. The van der Waals surface area contributed by atoms with Gasteiger partial charge in [-0.1, -0.05) is 51.5 Å². The number of carbonyl (C=O) groups excluding carboxylic acids is 1. The number of amides is 1. The van der Waals surface area contributed by atoms with E-state index in [9.17, 15) is 4.79 Å². The normalized spacial score (nSPS) is 27.3. The predicted molar refractivity (Wildman–Crippen MR) is 129 cm³/mol. The van der Waals surface area contributed by atoms with Crippen LogP contribution < -0.4 is 5.32 Å². The average molecular weight is 451 g/mol. The van der Waals surface area contributed by atoms with Crippen molar-refractivity contribution in [3.8, 4) is 11.1 Å². The molecule has 3 heterocycles. The number of benzene rings is 2. The summed E-state index contributed by atoms with van der Waals surface area (Å²) in [5.74, 6) is 0.223. The van der Waals surface area contributed by atoms with Gasteiger partial charge < -0.3 is 10.1 Å². The van der Waals surface area contributed by atoms with Crippen molar-refractivity contribution in [1.82, 2.24) is 10.2 Å². The van der Waals surface area contributed by atoms with Crippen molar-refractivity contribution in [2.75, 3.05) is 19.6 Å². The molecule has 2 atom stereocenters. The second-order valence-corrected chi connectivity index (χ2v) is 10.8. The Balaban J connectivity index is 1.34. The number of piperidine rings is 3. The van der Waals surface area contributed by atoms with Crippen LogP contribution in [0.4, 0.5) is 9.18 Å². The van der Waals surface area contributed by atoms with Crippen molar-refractivity contribution in [3.05, 3.63) is 58.9 Å². The fourth-order valence-electron chi connectivity index (χ4n) is 6.04. The molecule has 1 amide bonds. The van der Waals surface area contributed by atoms with Gasteiger partial charge in [0.1, 0.15) is 11.9 Å². The number of nitrogens with one attached hydrogen (secondary N) is 1. The van der Waals surface area contributed by atoms with E-state index < -0.39 is 0 Å². The molecule has 4 nitrogen and oxygen atoms in total. The van der Waals surface area contributed by atoms with Crippen LogP contribution in [0, 0.1) is 17.2 Å². The van der Waals surface area contributed by atoms with Gasteiger partial charge in [0.25, 0.3) is 0 Å². The number of rotatable bonds is 5. The Morgan fingerprint density at radius 2 is 1.91 bits per heavy atom. The van der Waals surface area contributed by atoms with Crippen LogP contribution in [0.15, 0.2) is 36.4 Å². The van der Waals surface area contributed by atoms with Crippen molar-refractivity contribution in [2.45, 2.75) is 65.0 Å². The first-order chi connectivity index (χ1) is 15.8. The number of ether oxygens (including phenoxy) is 1. The molecule has 0 saturated carbocycles. The van der Waals surface area contributed by atoms with Crippen LogP contribution in [0.3, 0.4) is 0 Å². The predicted octanol–water partition coefficient (Wildman–Crippen LogP) is 5.89. The molecule has 3 fully saturated rings. The molecular weight excluding hydrogens is 415 g/mol. The fraction of sp³-hybridized carbons (Fsp3) is 0.536. The molecule has 33 heavy (non-hydrogen) atoms. The molecule has 0 aromatic heterocycles. The van der Waals surface area contributed by atoms with E-state index in [0.717, 1.165) is 68.4 Å². The van der Waals surface area contributed by atoms with Crippen LogP contribution in [-0.4, -0.2) is 36.7 Å². The molecule has 3 saturated heterocycles. The van der Waals surface area contributed by atoms with E-state index in [1.807, 2.05) is 18.2 Å². The fourth-order valence-corrected chi connectivity index (χ4v) is 6.04. The number of hydrogen-bond donors (Lipinski definition) is 1. The van der Waals surface area contributed by atoms with Crippen molar-refractivity contribution < 1.29 is 13.9 Å². The Kier molecular flexibility index (Phi) is 5.94. The summed E-state index contributed by atoms with van der Waals surface area (Å²) < 4.78 is 21.1. The first-order valence-electron chi connectivity index (χ1n) is 12.4. The zero-order chi connectivity index (χ0) is 23.2. The molecule has 1 aliphatic carbocycles. The maximum atomic E-state index is 15.3.